The number of alkyl carbamates (subject to hydrolysis) is 1. The molecule has 0 saturated heterocycles. The molecule has 4 nitrogen and oxygen atoms in total. The van der Waals surface area contributed by atoms with Crippen LogP contribution in [-0.4, -0.2) is 23.8 Å². The zero-order chi connectivity index (χ0) is 15.6. The average molecular weight is 375 g/mol. The number of halogens is 1. The molecule has 0 spiro atoms. The number of ether oxygens (including phenoxy) is 1. The lowest BCUT2D eigenvalue weighted by Gasteiger charge is -2.38. The molecular formula is C15H23BrN2O2S. The summed E-state index contributed by atoms with van der Waals surface area (Å²) in [7, 11) is 0. The average Bonchev–Trinajstić information content (AvgIpc) is 2.70. The van der Waals surface area contributed by atoms with Crippen molar-refractivity contribution < 1.29 is 9.53 Å². The fourth-order valence-corrected chi connectivity index (χ4v) is 3.80. The Hall–Kier alpha value is -0.590. The van der Waals surface area contributed by atoms with Gasteiger partial charge < -0.3 is 15.4 Å². The molecule has 21 heavy (non-hydrogen) atoms. The number of thiophene rings is 1. The van der Waals surface area contributed by atoms with Gasteiger partial charge in [-0.3, -0.25) is 0 Å². The maximum atomic E-state index is 11.7. The van der Waals surface area contributed by atoms with E-state index in [1.165, 1.54) is 4.88 Å². The van der Waals surface area contributed by atoms with E-state index in [0.717, 1.165) is 17.3 Å². The maximum absolute atomic E-state index is 11.7. The first kappa shape index (κ1) is 16.8. The Labute approximate surface area is 138 Å². The van der Waals surface area contributed by atoms with Crippen molar-refractivity contribution in [1.29, 1.82) is 0 Å². The van der Waals surface area contributed by atoms with Crippen molar-refractivity contribution in [1.82, 2.24) is 10.6 Å². The van der Waals surface area contributed by atoms with Crippen molar-refractivity contribution in [3.8, 4) is 0 Å². The van der Waals surface area contributed by atoms with Crippen LogP contribution in [0.4, 0.5) is 4.79 Å². The maximum Gasteiger partial charge on any atom is 0.407 e. The summed E-state index contributed by atoms with van der Waals surface area (Å²) in [5, 5.41) is 8.61. The van der Waals surface area contributed by atoms with Crippen LogP contribution in [0.5, 0.6) is 0 Å². The molecule has 1 aliphatic rings. The summed E-state index contributed by atoms with van der Waals surface area (Å²) in [6.45, 7) is 7.79. The van der Waals surface area contributed by atoms with Crippen molar-refractivity contribution in [3.63, 3.8) is 0 Å². The van der Waals surface area contributed by atoms with E-state index in [0.29, 0.717) is 12.1 Å². The zero-order valence-corrected chi connectivity index (χ0v) is 15.3. The molecule has 1 aromatic rings. The Morgan fingerprint density at radius 1 is 1.43 bits per heavy atom. The molecule has 1 atom stereocenters. The normalized spacial score (nSPS) is 23.3. The summed E-state index contributed by atoms with van der Waals surface area (Å²) in [6.07, 6.45) is 1.59. The second-order valence-electron chi connectivity index (χ2n) is 6.57. The fourth-order valence-electron chi connectivity index (χ4n) is 2.34. The monoisotopic (exact) mass is 374 g/mol. The van der Waals surface area contributed by atoms with Crippen LogP contribution in [0.25, 0.3) is 0 Å². The van der Waals surface area contributed by atoms with Gasteiger partial charge in [-0.25, -0.2) is 4.79 Å². The molecule has 0 bridgehead atoms. The van der Waals surface area contributed by atoms with Gasteiger partial charge in [0.25, 0.3) is 0 Å². The van der Waals surface area contributed by atoms with Crippen LogP contribution in [-0.2, 0) is 4.74 Å². The molecule has 2 rings (SSSR count). The van der Waals surface area contributed by atoms with E-state index in [1.807, 2.05) is 20.8 Å². The van der Waals surface area contributed by atoms with Crippen LogP contribution in [0.15, 0.2) is 15.9 Å². The highest BCUT2D eigenvalue weighted by molar-refractivity contribution is 9.10. The topological polar surface area (TPSA) is 50.4 Å². The number of hydrogen-bond donors (Lipinski definition) is 2. The minimum atomic E-state index is -0.438. The fraction of sp³-hybridized carbons (Fsp3) is 0.667. The van der Waals surface area contributed by atoms with Crippen molar-refractivity contribution in [2.75, 3.05) is 0 Å². The van der Waals surface area contributed by atoms with E-state index in [-0.39, 0.29) is 12.1 Å². The van der Waals surface area contributed by atoms with Crippen LogP contribution in [0.3, 0.4) is 0 Å². The summed E-state index contributed by atoms with van der Waals surface area (Å²) in [6, 6.07) is 3.17. The van der Waals surface area contributed by atoms with Gasteiger partial charge in [-0.05, 0) is 62.5 Å². The third-order valence-electron chi connectivity index (χ3n) is 3.36. The summed E-state index contributed by atoms with van der Waals surface area (Å²) >= 11 is 5.23. The summed E-state index contributed by atoms with van der Waals surface area (Å²) < 4.78 is 6.39. The first-order valence-corrected chi connectivity index (χ1v) is 8.89. The molecule has 1 aliphatic carbocycles. The number of hydrogen-bond acceptors (Lipinski definition) is 4. The number of carbonyl (C=O) groups excluding carboxylic acids is 1. The Bertz CT molecular complexity index is 492. The van der Waals surface area contributed by atoms with Gasteiger partial charge >= 0.3 is 6.09 Å². The Morgan fingerprint density at radius 2 is 2.10 bits per heavy atom. The highest BCUT2D eigenvalue weighted by Crippen LogP contribution is 2.28. The third-order valence-corrected chi connectivity index (χ3v) is 5.24. The minimum absolute atomic E-state index is 0.222. The van der Waals surface area contributed by atoms with Gasteiger partial charge in [0.1, 0.15) is 5.60 Å². The van der Waals surface area contributed by atoms with Crippen molar-refractivity contribution in [2.24, 2.45) is 0 Å². The molecule has 1 unspecified atom stereocenters. The molecule has 1 heterocycles. The Balaban J connectivity index is 1.68. The number of nitrogens with one attached hydrogen (secondary N) is 2. The largest absolute Gasteiger partial charge is 0.444 e. The lowest BCUT2D eigenvalue weighted by Crippen LogP contribution is -2.53. The van der Waals surface area contributed by atoms with Gasteiger partial charge in [-0.2, -0.15) is 0 Å². The van der Waals surface area contributed by atoms with Crippen LogP contribution in [0.1, 0.15) is 51.5 Å². The predicted octanol–water partition coefficient (Wildman–Crippen LogP) is 4.22. The van der Waals surface area contributed by atoms with Gasteiger partial charge in [0, 0.05) is 32.9 Å². The minimum Gasteiger partial charge on any atom is -0.444 e. The molecule has 6 heteroatoms. The molecule has 0 aromatic carbocycles. The van der Waals surface area contributed by atoms with E-state index in [9.17, 15) is 4.79 Å². The summed E-state index contributed by atoms with van der Waals surface area (Å²) in [5.41, 5.74) is -0.438. The second kappa shape index (κ2) is 6.67. The molecule has 118 valence electrons. The number of amides is 1. The van der Waals surface area contributed by atoms with Crippen LogP contribution >= 0.6 is 27.3 Å². The zero-order valence-electron chi connectivity index (χ0n) is 12.9. The molecule has 2 N–H and O–H groups in total. The standard InChI is InChI=1S/C15H23BrN2O2S/c1-9(13-5-10(16)8-21-13)17-11-6-12(7-11)18-14(19)20-15(2,3)4/h5,8-9,11-12,17H,6-7H2,1-4H3,(H,18,19). The van der Waals surface area contributed by atoms with Crippen LogP contribution in [0, 0.1) is 0 Å². The number of rotatable bonds is 4. The molecule has 1 fully saturated rings. The van der Waals surface area contributed by atoms with E-state index >= 15 is 0 Å². The van der Waals surface area contributed by atoms with Crippen molar-refractivity contribution in [3.05, 3.63) is 20.8 Å². The molecule has 1 amide bonds. The highest BCUT2D eigenvalue weighted by Gasteiger charge is 2.32. The van der Waals surface area contributed by atoms with Crippen LogP contribution in [0.2, 0.25) is 0 Å². The van der Waals surface area contributed by atoms with Gasteiger partial charge in [-0.1, -0.05) is 0 Å². The van der Waals surface area contributed by atoms with Crippen LogP contribution < -0.4 is 10.6 Å². The Kier molecular flexibility index (Phi) is 5.33. The first-order valence-electron chi connectivity index (χ1n) is 7.22. The first-order chi connectivity index (χ1) is 9.73. The molecule has 1 saturated carbocycles. The van der Waals surface area contributed by atoms with Crippen molar-refractivity contribution in [2.45, 2.75) is 64.3 Å². The Morgan fingerprint density at radius 3 is 2.62 bits per heavy atom. The second-order valence-corrected chi connectivity index (χ2v) is 8.43. The molecular weight excluding hydrogens is 352 g/mol. The van der Waals surface area contributed by atoms with Gasteiger partial charge in [-0.15, -0.1) is 11.3 Å². The smallest absolute Gasteiger partial charge is 0.407 e. The van der Waals surface area contributed by atoms with E-state index in [2.05, 4.69) is 44.9 Å². The van der Waals surface area contributed by atoms with Gasteiger partial charge in [0.15, 0.2) is 0 Å². The summed E-state index contributed by atoms with van der Waals surface area (Å²) in [4.78, 5) is 13.0. The molecule has 0 aliphatic heterocycles. The van der Waals surface area contributed by atoms with Gasteiger partial charge in [0.2, 0.25) is 0 Å². The number of carbonyl (C=O) groups is 1. The summed E-state index contributed by atoms with van der Waals surface area (Å²) in [5.74, 6) is 0. The third kappa shape index (κ3) is 5.27. The SMILES string of the molecule is CC(NC1CC(NC(=O)OC(C)(C)C)C1)c1cc(Br)cs1. The van der Waals surface area contributed by atoms with E-state index in [1.54, 1.807) is 11.3 Å². The van der Waals surface area contributed by atoms with Gasteiger partial charge in [0.05, 0.1) is 0 Å². The van der Waals surface area contributed by atoms with E-state index < -0.39 is 5.60 Å². The van der Waals surface area contributed by atoms with Crippen molar-refractivity contribution >= 4 is 33.4 Å². The quantitative estimate of drug-likeness (QED) is 0.829. The lowest BCUT2D eigenvalue weighted by atomic mass is 9.86. The molecule has 1 aromatic heterocycles. The predicted molar refractivity (Wildman–Crippen MR) is 89.7 cm³/mol. The molecule has 0 radical (unpaired) electrons. The van der Waals surface area contributed by atoms with E-state index in [4.69, 9.17) is 4.74 Å². The highest BCUT2D eigenvalue weighted by atomic mass is 79.9. The lowest BCUT2D eigenvalue weighted by molar-refractivity contribution is 0.0463.